The molecule has 0 aliphatic heterocycles. The predicted octanol–water partition coefficient (Wildman–Crippen LogP) is 1.84. The van der Waals surface area contributed by atoms with Gasteiger partial charge in [0.1, 0.15) is 0 Å². The number of nitrogens with zero attached hydrogens (tertiary/aromatic N) is 1. The van der Waals surface area contributed by atoms with Crippen molar-refractivity contribution in [1.82, 2.24) is 4.98 Å². The van der Waals surface area contributed by atoms with Gasteiger partial charge in [0.05, 0.1) is 32.0 Å². The summed E-state index contributed by atoms with van der Waals surface area (Å²) in [5.74, 6) is 0.363. The quantitative estimate of drug-likeness (QED) is 0.766. The molecule has 0 aromatic carbocycles. The van der Waals surface area contributed by atoms with Gasteiger partial charge in [-0.1, -0.05) is 0 Å². The standard InChI is InChI=1S/C12H18N2O3/c1-4-17-12(15)7-9(2)14-10-5-6-11(16-3)13-8-10/h5-6,8-9,14H,4,7H2,1-3H3. The lowest BCUT2D eigenvalue weighted by Crippen LogP contribution is -2.21. The van der Waals surface area contributed by atoms with Gasteiger partial charge in [-0.05, 0) is 19.9 Å². The van der Waals surface area contributed by atoms with Gasteiger partial charge in [-0.3, -0.25) is 4.79 Å². The van der Waals surface area contributed by atoms with Crippen LogP contribution < -0.4 is 10.1 Å². The van der Waals surface area contributed by atoms with Crippen molar-refractivity contribution in [3.8, 4) is 5.88 Å². The molecule has 0 spiro atoms. The molecule has 5 nitrogen and oxygen atoms in total. The maximum absolute atomic E-state index is 11.2. The highest BCUT2D eigenvalue weighted by atomic mass is 16.5. The lowest BCUT2D eigenvalue weighted by Gasteiger charge is -2.14. The first kappa shape index (κ1) is 13.3. The second kappa shape index (κ2) is 6.73. The fourth-order valence-electron chi connectivity index (χ4n) is 1.39. The Labute approximate surface area is 101 Å². The summed E-state index contributed by atoms with van der Waals surface area (Å²) in [7, 11) is 1.57. The van der Waals surface area contributed by atoms with Crippen LogP contribution in [-0.4, -0.2) is 30.7 Å². The molecule has 1 aromatic rings. The van der Waals surface area contributed by atoms with Crippen LogP contribution in [0, 0.1) is 0 Å². The van der Waals surface area contributed by atoms with E-state index < -0.39 is 0 Å². The fourth-order valence-corrected chi connectivity index (χ4v) is 1.39. The van der Waals surface area contributed by atoms with Gasteiger partial charge in [0.2, 0.25) is 5.88 Å². The molecule has 94 valence electrons. The number of carbonyl (C=O) groups excluding carboxylic acids is 1. The number of pyridine rings is 1. The van der Waals surface area contributed by atoms with Crippen molar-refractivity contribution in [3.05, 3.63) is 18.3 Å². The minimum Gasteiger partial charge on any atom is -0.481 e. The minimum absolute atomic E-state index is 0.00393. The van der Waals surface area contributed by atoms with Crippen LogP contribution in [0.3, 0.4) is 0 Å². The van der Waals surface area contributed by atoms with Crippen LogP contribution in [0.25, 0.3) is 0 Å². The Kier molecular flexibility index (Phi) is 5.26. The Hall–Kier alpha value is -1.78. The van der Waals surface area contributed by atoms with Gasteiger partial charge < -0.3 is 14.8 Å². The van der Waals surface area contributed by atoms with E-state index in [1.54, 1.807) is 26.3 Å². The molecular weight excluding hydrogens is 220 g/mol. The predicted molar refractivity (Wildman–Crippen MR) is 65.1 cm³/mol. The number of methoxy groups -OCH3 is 1. The molecular formula is C12H18N2O3. The summed E-state index contributed by atoms with van der Waals surface area (Å²) in [5.41, 5.74) is 0.850. The number of rotatable bonds is 6. The van der Waals surface area contributed by atoms with Crippen LogP contribution in [0.2, 0.25) is 0 Å². The molecule has 0 amide bonds. The van der Waals surface area contributed by atoms with Crippen molar-refractivity contribution < 1.29 is 14.3 Å². The first-order chi connectivity index (χ1) is 8.15. The number of ether oxygens (including phenoxy) is 2. The monoisotopic (exact) mass is 238 g/mol. The second-order valence-corrected chi connectivity index (χ2v) is 3.64. The topological polar surface area (TPSA) is 60.5 Å². The highest BCUT2D eigenvalue weighted by Gasteiger charge is 2.09. The van der Waals surface area contributed by atoms with E-state index in [-0.39, 0.29) is 12.0 Å². The van der Waals surface area contributed by atoms with Gasteiger partial charge in [0, 0.05) is 12.1 Å². The number of nitrogens with one attached hydrogen (secondary N) is 1. The van der Waals surface area contributed by atoms with E-state index in [0.29, 0.717) is 18.9 Å². The van der Waals surface area contributed by atoms with Crippen molar-refractivity contribution in [2.75, 3.05) is 19.0 Å². The number of aromatic nitrogens is 1. The van der Waals surface area contributed by atoms with Crippen molar-refractivity contribution in [1.29, 1.82) is 0 Å². The average Bonchev–Trinajstić information content (AvgIpc) is 2.30. The summed E-state index contributed by atoms with van der Waals surface area (Å²) in [6.07, 6.45) is 2.00. The Morgan fingerprint density at radius 1 is 1.53 bits per heavy atom. The van der Waals surface area contributed by atoms with Crippen LogP contribution in [0.1, 0.15) is 20.3 Å². The number of esters is 1. The third-order valence-electron chi connectivity index (χ3n) is 2.14. The summed E-state index contributed by atoms with van der Waals surface area (Å²) in [6, 6.07) is 3.62. The average molecular weight is 238 g/mol. The third-order valence-corrected chi connectivity index (χ3v) is 2.14. The SMILES string of the molecule is CCOC(=O)CC(C)Nc1ccc(OC)nc1. The van der Waals surface area contributed by atoms with E-state index in [1.807, 2.05) is 13.0 Å². The number of anilines is 1. The van der Waals surface area contributed by atoms with E-state index in [0.717, 1.165) is 5.69 Å². The summed E-state index contributed by atoms with van der Waals surface area (Å²) in [4.78, 5) is 15.3. The van der Waals surface area contributed by atoms with Crippen molar-refractivity contribution in [2.45, 2.75) is 26.3 Å². The summed E-state index contributed by atoms with van der Waals surface area (Å²) < 4.78 is 9.83. The fraction of sp³-hybridized carbons (Fsp3) is 0.500. The Bertz CT molecular complexity index is 351. The van der Waals surface area contributed by atoms with Gasteiger partial charge in [-0.2, -0.15) is 0 Å². The van der Waals surface area contributed by atoms with Crippen LogP contribution in [0.5, 0.6) is 5.88 Å². The zero-order chi connectivity index (χ0) is 12.7. The van der Waals surface area contributed by atoms with Crippen LogP contribution in [0.4, 0.5) is 5.69 Å². The maximum atomic E-state index is 11.2. The van der Waals surface area contributed by atoms with Gasteiger partial charge in [0.15, 0.2) is 0 Å². The maximum Gasteiger partial charge on any atom is 0.307 e. The van der Waals surface area contributed by atoms with E-state index in [9.17, 15) is 4.79 Å². The Morgan fingerprint density at radius 3 is 2.82 bits per heavy atom. The first-order valence-corrected chi connectivity index (χ1v) is 5.58. The number of hydrogen-bond donors (Lipinski definition) is 1. The van der Waals surface area contributed by atoms with Crippen molar-refractivity contribution in [2.24, 2.45) is 0 Å². The van der Waals surface area contributed by atoms with Crippen LogP contribution >= 0.6 is 0 Å². The zero-order valence-corrected chi connectivity index (χ0v) is 10.4. The molecule has 0 bridgehead atoms. The summed E-state index contributed by atoms with van der Waals surface area (Å²) in [5, 5.41) is 3.16. The molecule has 0 fully saturated rings. The lowest BCUT2D eigenvalue weighted by atomic mass is 10.2. The molecule has 0 saturated carbocycles. The minimum atomic E-state index is -0.200. The van der Waals surface area contributed by atoms with Gasteiger partial charge >= 0.3 is 5.97 Å². The smallest absolute Gasteiger partial charge is 0.307 e. The molecule has 1 heterocycles. The van der Waals surface area contributed by atoms with E-state index in [4.69, 9.17) is 9.47 Å². The summed E-state index contributed by atoms with van der Waals surface area (Å²) in [6.45, 7) is 4.13. The Balaban J connectivity index is 2.44. The molecule has 17 heavy (non-hydrogen) atoms. The number of carbonyl (C=O) groups is 1. The zero-order valence-electron chi connectivity index (χ0n) is 10.4. The van der Waals surface area contributed by atoms with Crippen molar-refractivity contribution in [3.63, 3.8) is 0 Å². The van der Waals surface area contributed by atoms with Gasteiger partial charge in [-0.25, -0.2) is 4.98 Å². The third kappa shape index (κ3) is 4.72. The second-order valence-electron chi connectivity index (χ2n) is 3.64. The molecule has 1 unspecified atom stereocenters. The van der Waals surface area contributed by atoms with Gasteiger partial charge in [0.25, 0.3) is 0 Å². The van der Waals surface area contributed by atoms with Crippen LogP contribution in [-0.2, 0) is 9.53 Å². The number of hydrogen-bond acceptors (Lipinski definition) is 5. The van der Waals surface area contributed by atoms with Crippen molar-refractivity contribution >= 4 is 11.7 Å². The highest BCUT2D eigenvalue weighted by molar-refractivity contribution is 5.70. The molecule has 1 rings (SSSR count). The largest absolute Gasteiger partial charge is 0.481 e. The first-order valence-electron chi connectivity index (χ1n) is 5.58. The van der Waals surface area contributed by atoms with E-state index in [2.05, 4.69) is 10.3 Å². The molecule has 0 aliphatic rings. The van der Waals surface area contributed by atoms with E-state index >= 15 is 0 Å². The molecule has 1 atom stereocenters. The molecule has 5 heteroatoms. The molecule has 1 aromatic heterocycles. The lowest BCUT2D eigenvalue weighted by molar-refractivity contribution is -0.143. The Morgan fingerprint density at radius 2 is 2.29 bits per heavy atom. The van der Waals surface area contributed by atoms with E-state index in [1.165, 1.54) is 0 Å². The van der Waals surface area contributed by atoms with Crippen LogP contribution in [0.15, 0.2) is 18.3 Å². The highest BCUT2D eigenvalue weighted by Crippen LogP contribution is 2.12. The molecule has 1 N–H and O–H groups in total. The molecule has 0 aliphatic carbocycles. The molecule has 0 radical (unpaired) electrons. The van der Waals surface area contributed by atoms with Gasteiger partial charge in [-0.15, -0.1) is 0 Å². The summed E-state index contributed by atoms with van der Waals surface area (Å²) >= 11 is 0. The molecule has 0 saturated heterocycles. The normalized spacial score (nSPS) is 11.7.